The van der Waals surface area contributed by atoms with Crippen molar-refractivity contribution in [1.29, 1.82) is 0 Å². The molecule has 1 rings (SSSR count). The van der Waals surface area contributed by atoms with Crippen LogP contribution >= 0.6 is 0 Å². The molecule has 0 N–H and O–H groups in total. The van der Waals surface area contributed by atoms with E-state index >= 15 is 0 Å². The number of Topliss-reactive ketones (excluding diaryl/α,β-unsaturated/α-hetero) is 2. The Hall–Kier alpha value is -1.58. The highest BCUT2D eigenvalue weighted by atomic mass is 16.5. The number of allylic oxidation sites excluding steroid dienone is 1. The summed E-state index contributed by atoms with van der Waals surface area (Å²) in [4.78, 5) is 22.1. The van der Waals surface area contributed by atoms with Crippen LogP contribution in [0.3, 0.4) is 0 Å². The molecular weight excluding hydrogens is 172 g/mol. The highest BCUT2D eigenvalue weighted by Crippen LogP contribution is 2.18. The molecule has 13 heavy (non-hydrogen) atoms. The minimum atomic E-state index is -0.843. The summed E-state index contributed by atoms with van der Waals surface area (Å²) in [5, 5.41) is 0. The van der Waals surface area contributed by atoms with E-state index in [4.69, 9.17) is 9.47 Å². The molecule has 0 aromatic rings. The van der Waals surface area contributed by atoms with Gasteiger partial charge in [0.1, 0.15) is 36.3 Å². The highest BCUT2D eigenvalue weighted by Gasteiger charge is 2.26. The van der Waals surface area contributed by atoms with E-state index in [9.17, 15) is 9.59 Å². The first-order valence-corrected chi connectivity index (χ1v) is 3.81. The number of carbonyl (C=O) groups is 2. The molecule has 1 aliphatic rings. The molecule has 0 radical (unpaired) electrons. The second kappa shape index (κ2) is 3.89. The number of ether oxygens (including phenoxy) is 2. The highest BCUT2D eigenvalue weighted by molar-refractivity contribution is 6.02. The number of carbonyl (C=O) groups excluding carboxylic acids is 2. The van der Waals surface area contributed by atoms with Crippen LogP contribution in [0.25, 0.3) is 0 Å². The van der Waals surface area contributed by atoms with Crippen molar-refractivity contribution in [2.75, 3.05) is 0 Å². The van der Waals surface area contributed by atoms with E-state index in [1.807, 2.05) is 0 Å². The van der Waals surface area contributed by atoms with Gasteiger partial charge in [0.25, 0.3) is 0 Å². The summed E-state index contributed by atoms with van der Waals surface area (Å²) in [5.74, 6) is -1.11. The van der Waals surface area contributed by atoms with Crippen molar-refractivity contribution in [2.45, 2.75) is 13.8 Å². The first kappa shape index (κ1) is 9.51. The summed E-state index contributed by atoms with van der Waals surface area (Å²) in [6, 6.07) is 0. The van der Waals surface area contributed by atoms with Crippen LogP contribution in [0.1, 0.15) is 13.8 Å². The molecule has 0 amide bonds. The minimum Gasteiger partial charge on any atom is -0.466 e. The Morgan fingerprint density at radius 3 is 2.23 bits per heavy atom. The molecule has 0 atom stereocenters. The van der Waals surface area contributed by atoms with Crippen LogP contribution in [0.4, 0.5) is 0 Å². The van der Waals surface area contributed by atoms with Crippen molar-refractivity contribution in [2.24, 2.45) is 5.92 Å². The van der Waals surface area contributed by atoms with Gasteiger partial charge in [-0.2, -0.15) is 0 Å². The predicted octanol–water partition coefficient (Wildman–Crippen LogP) is 1.14. The fraction of sp³-hybridized carbons (Fsp3) is 0.333. The quantitative estimate of drug-likeness (QED) is 0.614. The van der Waals surface area contributed by atoms with Gasteiger partial charge in [-0.15, -0.1) is 0 Å². The minimum absolute atomic E-state index is 0.238. The summed E-state index contributed by atoms with van der Waals surface area (Å²) in [6.07, 6.45) is 3.86. The summed E-state index contributed by atoms with van der Waals surface area (Å²) in [7, 11) is 0. The molecule has 0 bridgehead atoms. The fourth-order valence-corrected chi connectivity index (χ4v) is 1.10. The summed E-state index contributed by atoms with van der Waals surface area (Å²) in [6.45, 7) is 2.68. The van der Waals surface area contributed by atoms with E-state index in [1.165, 1.54) is 32.6 Å². The maximum absolute atomic E-state index is 11.1. The SMILES string of the molecule is CC(=O)C(C(C)=O)C1=COC=CO1. The van der Waals surface area contributed by atoms with Gasteiger partial charge in [-0.05, 0) is 13.8 Å². The Morgan fingerprint density at radius 1 is 1.23 bits per heavy atom. The van der Waals surface area contributed by atoms with Crippen molar-refractivity contribution in [3.8, 4) is 0 Å². The zero-order valence-corrected chi connectivity index (χ0v) is 7.44. The number of rotatable bonds is 3. The van der Waals surface area contributed by atoms with Gasteiger partial charge in [0.15, 0.2) is 5.76 Å². The molecular formula is C9H10O4. The van der Waals surface area contributed by atoms with Crippen molar-refractivity contribution in [1.82, 2.24) is 0 Å². The van der Waals surface area contributed by atoms with E-state index in [0.29, 0.717) is 0 Å². The molecule has 70 valence electrons. The second-order valence-corrected chi connectivity index (χ2v) is 2.70. The van der Waals surface area contributed by atoms with Crippen LogP contribution < -0.4 is 0 Å². The van der Waals surface area contributed by atoms with Gasteiger partial charge in [0.2, 0.25) is 0 Å². The smallest absolute Gasteiger partial charge is 0.156 e. The lowest BCUT2D eigenvalue weighted by molar-refractivity contribution is -0.130. The van der Waals surface area contributed by atoms with Gasteiger partial charge in [-0.25, -0.2) is 0 Å². The summed E-state index contributed by atoms with van der Waals surface area (Å²) in [5.41, 5.74) is 0. The van der Waals surface area contributed by atoms with Gasteiger partial charge in [-0.1, -0.05) is 0 Å². The predicted molar refractivity (Wildman–Crippen MR) is 44.2 cm³/mol. The molecule has 0 aromatic heterocycles. The lowest BCUT2D eigenvalue weighted by Crippen LogP contribution is -2.23. The summed E-state index contributed by atoms with van der Waals surface area (Å²) < 4.78 is 9.77. The van der Waals surface area contributed by atoms with Crippen LogP contribution in [0.2, 0.25) is 0 Å². The largest absolute Gasteiger partial charge is 0.466 e. The molecule has 1 aliphatic heterocycles. The van der Waals surface area contributed by atoms with Gasteiger partial charge < -0.3 is 9.47 Å². The first-order valence-electron chi connectivity index (χ1n) is 3.81. The Kier molecular flexibility index (Phi) is 2.84. The third kappa shape index (κ3) is 2.18. The molecule has 0 aromatic carbocycles. The number of ketones is 2. The Morgan fingerprint density at radius 2 is 1.85 bits per heavy atom. The fourth-order valence-electron chi connectivity index (χ4n) is 1.10. The topological polar surface area (TPSA) is 52.6 Å². The molecule has 1 heterocycles. The second-order valence-electron chi connectivity index (χ2n) is 2.70. The third-order valence-electron chi connectivity index (χ3n) is 1.62. The summed E-state index contributed by atoms with van der Waals surface area (Å²) >= 11 is 0. The van der Waals surface area contributed by atoms with Gasteiger partial charge in [-0.3, -0.25) is 9.59 Å². The van der Waals surface area contributed by atoms with E-state index < -0.39 is 5.92 Å². The van der Waals surface area contributed by atoms with E-state index in [2.05, 4.69) is 0 Å². The van der Waals surface area contributed by atoms with Crippen LogP contribution in [0, 0.1) is 5.92 Å². The van der Waals surface area contributed by atoms with Gasteiger partial charge >= 0.3 is 0 Å². The maximum atomic E-state index is 11.1. The molecule has 0 aliphatic carbocycles. The lowest BCUT2D eigenvalue weighted by atomic mass is 9.99. The molecule has 0 saturated carbocycles. The van der Waals surface area contributed by atoms with Gasteiger partial charge in [0.05, 0.1) is 0 Å². The Balaban J connectivity index is 2.82. The van der Waals surface area contributed by atoms with E-state index in [0.717, 1.165) is 0 Å². The van der Waals surface area contributed by atoms with Crippen LogP contribution in [-0.2, 0) is 19.1 Å². The molecule has 4 heteroatoms. The van der Waals surface area contributed by atoms with Crippen LogP contribution in [0.15, 0.2) is 24.5 Å². The van der Waals surface area contributed by atoms with Crippen molar-refractivity contribution in [3.63, 3.8) is 0 Å². The normalized spacial score (nSPS) is 14.5. The van der Waals surface area contributed by atoms with Gasteiger partial charge in [0, 0.05) is 0 Å². The first-order chi connectivity index (χ1) is 6.13. The molecule has 0 fully saturated rings. The lowest BCUT2D eigenvalue weighted by Gasteiger charge is -2.15. The molecule has 0 saturated heterocycles. The maximum Gasteiger partial charge on any atom is 0.156 e. The van der Waals surface area contributed by atoms with Crippen molar-refractivity contribution >= 4 is 11.6 Å². The van der Waals surface area contributed by atoms with Crippen LogP contribution in [0.5, 0.6) is 0 Å². The number of hydrogen-bond donors (Lipinski definition) is 0. The molecule has 4 nitrogen and oxygen atoms in total. The molecule has 0 unspecified atom stereocenters. The Bertz CT molecular complexity index is 274. The third-order valence-corrected chi connectivity index (χ3v) is 1.62. The zero-order valence-electron chi connectivity index (χ0n) is 7.44. The zero-order chi connectivity index (χ0) is 9.84. The van der Waals surface area contributed by atoms with Crippen molar-refractivity contribution in [3.05, 3.63) is 24.5 Å². The number of hydrogen-bond acceptors (Lipinski definition) is 4. The average molecular weight is 182 g/mol. The monoisotopic (exact) mass is 182 g/mol. The standard InChI is InChI=1S/C9H10O4/c1-6(10)9(7(2)11)8-5-12-3-4-13-8/h3-5,9H,1-2H3. The average Bonchev–Trinajstić information content (AvgIpc) is 2.04. The van der Waals surface area contributed by atoms with Crippen LogP contribution in [-0.4, -0.2) is 11.6 Å². The Labute approximate surface area is 75.8 Å². The molecule has 0 spiro atoms. The van der Waals surface area contributed by atoms with E-state index in [1.54, 1.807) is 0 Å². The van der Waals surface area contributed by atoms with Crippen molar-refractivity contribution < 1.29 is 19.1 Å². The van der Waals surface area contributed by atoms with E-state index in [-0.39, 0.29) is 17.3 Å².